The summed E-state index contributed by atoms with van der Waals surface area (Å²) in [6, 6.07) is 3.90. The van der Waals surface area contributed by atoms with E-state index in [1.807, 2.05) is 12.1 Å². The minimum absolute atomic E-state index is 0.0793. The van der Waals surface area contributed by atoms with Crippen LogP contribution in [0.4, 0.5) is 0 Å². The highest BCUT2D eigenvalue weighted by Crippen LogP contribution is 2.62. The van der Waals surface area contributed by atoms with Gasteiger partial charge in [-0.05, 0) is 38.1 Å². The molecule has 3 heterocycles. The van der Waals surface area contributed by atoms with E-state index in [-0.39, 0.29) is 17.7 Å². The molecule has 4 N–H and O–H groups in total. The van der Waals surface area contributed by atoms with Gasteiger partial charge in [0.15, 0.2) is 23.9 Å². The first-order valence-electron chi connectivity index (χ1n) is 11.6. The molecule has 1 spiro atoms. The standard InChI is InChI=1S/C24H29NO9/c1-25-8-7-24-11-4-6-14(32-23-18(29)16(27)17(28)20(34-23)22(30)31-2)21(24)33-19-13(26)5-3-10(15(19)24)9-12(11)25/h3-6,11-12,14,16-18,20-21,23,26-29H,7-9H2,1-2H3/t11-,12+,14-,16?,17-,18+,20-,21-,23+,24-/m0/s1. The average Bonchev–Trinajstić information content (AvgIpc) is 3.19. The Hall–Kier alpha value is -2.21. The molecule has 5 aliphatic rings. The fraction of sp³-hybridized carbons (Fsp3) is 0.625. The number of carbonyl (C=O) groups is 1. The molecule has 6 rings (SSSR count). The van der Waals surface area contributed by atoms with Gasteiger partial charge in [-0.2, -0.15) is 0 Å². The predicted molar refractivity (Wildman–Crippen MR) is 115 cm³/mol. The van der Waals surface area contributed by atoms with Gasteiger partial charge in [0.25, 0.3) is 0 Å². The van der Waals surface area contributed by atoms with Crippen molar-refractivity contribution >= 4 is 5.97 Å². The van der Waals surface area contributed by atoms with E-state index >= 15 is 0 Å². The van der Waals surface area contributed by atoms with Gasteiger partial charge in [-0.15, -0.1) is 0 Å². The third-order valence-corrected chi connectivity index (χ3v) is 8.42. The molecule has 34 heavy (non-hydrogen) atoms. The van der Waals surface area contributed by atoms with Crippen LogP contribution in [-0.2, 0) is 30.8 Å². The molecule has 1 aromatic carbocycles. The summed E-state index contributed by atoms with van der Waals surface area (Å²) in [6.07, 6.45) is -3.40. The van der Waals surface area contributed by atoms with Crippen molar-refractivity contribution in [3.8, 4) is 11.5 Å². The van der Waals surface area contributed by atoms with Crippen LogP contribution >= 0.6 is 0 Å². The summed E-state index contributed by atoms with van der Waals surface area (Å²) in [7, 11) is 3.26. The lowest BCUT2D eigenvalue weighted by Gasteiger charge is -2.57. The third kappa shape index (κ3) is 2.81. The van der Waals surface area contributed by atoms with Gasteiger partial charge in [0.1, 0.15) is 30.5 Å². The average molecular weight is 475 g/mol. The van der Waals surface area contributed by atoms with Crippen molar-refractivity contribution in [1.82, 2.24) is 4.90 Å². The Bertz CT molecular complexity index is 1050. The number of aromatic hydroxyl groups is 1. The Morgan fingerprint density at radius 1 is 1.18 bits per heavy atom. The van der Waals surface area contributed by atoms with Crippen LogP contribution in [0, 0.1) is 5.92 Å². The zero-order valence-electron chi connectivity index (χ0n) is 18.9. The molecule has 10 atom stereocenters. The fourth-order valence-electron chi connectivity index (χ4n) is 6.76. The lowest BCUT2D eigenvalue weighted by molar-refractivity contribution is -0.307. The van der Waals surface area contributed by atoms with Crippen molar-refractivity contribution in [2.45, 2.75) is 67.2 Å². The Morgan fingerprint density at radius 2 is 1.97 bits per heavy atom. The van der Waals surface area contributed by atoms with Crippen LogP contribution in [0.5, 0.6) is 11.5 Å². The first kappa shape index (κ1) is 22.3. The highest BCUT2D eigenvalue weighted by molar-refractivity contribution is 5.75. The highest BCUT2D eigenvalue weighted by Gasteiger charge is 2.65. The minimum atomic E-state index is -1.67. The molecule has 2 aliphatic carbocycles. The van der Waals surface area contributed by atoms with E-state index < -0.39 is 54.3 Å². The van der Waals surface area contributed by atoms with Crippen LogP contribution in [-0.4, -0.2) is 101 Å². The Morgan fingerprint density at radius 3 is 2.74 bits per heavy atom. The van der Waals surface area contributed by atoms with E-state index in [1.54, 1.807) is 6.07 Å². The number of benzene rings is 1. The van der Waals surface area contributed by atoms with E-state index in [2.05, 4.69) is 22.8 Å². The highest BCUT2D eigenvalue weighted by atomic mass is 16.7. The molecule has 2 fully saturated rings. The van der Waals surface area contributed by atoms with E-state index in [1.165, 1.54) is 0 Å². The van der Waals surface area contributed by atoms with Gasteiger partial charge in [-0.3, -0.25) is 0 Å². The Balaban J connectivity index is 1.37. The molecule has 3 aliphatic heterocycles. The van der Waals surface area contributed by atoms with Crippen LogP contribution in [0.2, 0.25) is 0 Å². The molecule has 1 unspecified atom stereocenters. The number of hydrogen-bond acceptors (Lipinski definition) is 10. The number of esters is 1. The summed E-state index contributed by atoms with van der Waals surface area (Å²) in [4.78, 5) is 14.4. The number of phenols is 1. The molecule has 0 radical (unpaired) electrons. The molecule has 0 saturated carbocycles. The number of rotatable bonds is 3. The zero-order chi connectivity index (χ0) is 23.9. The number of ether oxygens (including phenoxy) is 4. The number of phenolic OH excluding ortho intramolecular Hbond substituents is 1. The van der Waals surface area contributed by atoms with Crippen LogP contribution in [0.1, 0.15) is 17.5 Å². The number of piperidine rings is 1. The molecule has 10 nitrogen and oxygen atoms in total. The number of hydrogen-bond donors (Lipinski definition) is 4. The number of likely N-dealkylation sites (N-methyl/N-ethyl adjacent to an activating group) is 1. The van der Waals surface area contributed by atoms with Gasteiger partial charge in [0.2, 0.25) is 0 Å². The molecule has 1 aromatic rings. The molecule has 10 heteroatoms. The van der Waals surface area contributed by atoms with Crippen LogP contribution in [0.3, 0.4) is 0 Å². The van der Waals surface area contributed by atoms with Gasteiger partial charge in [-0.1, -0.05) is 18.2 Å². The quantitative estimate of drug-likeness (QED) is 0.325. The van der Waals surface area contributed by atoms with E-state index in [0.717, 1.165) is 37.6 Å². The summed E-state index contributed by atoms with van der Waals surface area (Å²) < 4.78 is 22.8. The number of aliphatic hydroxyl groups is 3. The lowest BCUT2D eigenvalue weighted by Crippen LogP contribution is -2.66. The van der Waals surface area contributed by atoms with Crippen molar-refractivity contribution in [1.29, 1.82) is 0 Å². The summed E-state index contributed by atoms with van der Waals surface area (Å²) in [5, 5.41) is 41.7. The zero-order valence-corrected chi connectivity index (χ0v) is 18.9. The van der Waals surface area contributed by atoms with Crippen molar-refractivity contribution in [3.63, 3.8) is 0 Å². The molecule has 0 amide bonds. The Labute approximate surface area is 196 Å². The minimum Gasteiger partial charge on any atom is -0.504 e. The summed E-state index contributed by atoms with van der Waals surface area (Å²) in [5.41, 5.74) is 1.76. The predicted octanol–water partition coefficient (Wildman–Crippen LogP) is -0.797. The second-order valence-corrected chi connectivity index (χ2v) is 9.96. The van der Waals surface area contributed by atoms with Crippen molar-refractivity contribution in [2.75, 3.05) is 20.7 Å². The second-order valence-electron chi connectivity index (χ2n) is 9.96. The van der Waals surface area contributed by atoms with Crippen LogP contribution in [0.15, 0.2) is 24.3 Å². The molecule has 2 saturated heterocycles. The van der Waals surface area contributed by atoms with E-state index in [0.29, 0.717) is 5.75 Å². The first-order valence-corrected chi connectivity index (χ1v) is 11.6. The van der Waals surface area contributed by atoms with E-state index in [9.17, 15) is 25.2 Å². The lowest BCUT2D eigenvalue weighted by atomic mass is 9.53. The van der Waals surface area contributed by atoms with Crippen molar-refractivity contribution in [2.24, 2.45) is 5.92 Å². The van der Waals surface area contributed by atoms with Crippen molar-refractivity contribution < 1.29 is 44.2 Å². The first-order chi connectivity index (χ1) is 16.3. The number of carbonyl (C=O) groups excluding carboxylic acids is 1. The third-order valence-electron chi connectivity index (χ3n) is 8.42. The summed E-state index contributed by atoms with van der Waals surface area (Å²) in [6.45, 7) is 0.855. The monoisotopic (exact) mass is 475 g/mol. The van der Waals surface area contributed by atoms with Gasteiger partial charge in [0.05, 0.1) is 7.11 Å². The maximum absolute atomic E-state index is 12.1. The second kappa shape index (κ2) is 7.64. The summed E-state index contributed by atoms with van der Waals surface area (Å²) in [5.74, 6) is -0.176. The maximum Gasteiger partial charge on any atom is 0.337 e. The topological polar surface area (TPSA) is 138 Å². The Kier molecular flexibility index (Phi) is 5.01. The fourth-order valence-corrected chi connectivity index (χ4v) is 6.76. The van der Waals surface area contributed by atoms with E-state index in [4.69, 9.17) is 14.2 Å². The molecule has 184 valence electrons. The number of nitrogens with zero attached hydrogens (tertiary/aromatic N) is 1. The normalized spacial score (nSPS) is 44.3. The SMILES string of the molecule is COC(=O)[C@H]1O[C@@H](O[C@H]2C=C[C@H]3[C@H]4Cc5ccc(O)c6c5[C@@]3(CCN4C)[C@H]2O6)[C@H](O)C(O)[C@@H]1O. The molecular weight excluding hydrogens is 446 g/mol. The van der Waals surface area contributed by atoms with Gasteiger partial charge >= 0.3 is 5.97 Å². The molecular formula is C24H29NO9. The van der Waals surface area contributed by atoms with Gasteiger partial charge in [-0.25, -0.2) is 4.79 Å². The van der Waals surface area contributed by atoms with Gasteiger partial charge < -0.3 is 44.3 Å². The molecule has 0 aromatic heterocycles. The largest absolute Gasteiger partial charge is 0.504 e. The van der Waals surface area contributed by atoms with Crippen LogP contribution in [0.25, 0.3) is 0 Å². The number of methoxy groups -OCH3 is 1. The number of aliphatic hydroxyl groups excluding tert-OH is 3. The smallest absolute Gasteiger partial charge is 0.337 e. The maximum atomic E-state index is 12.1. The molecule has 2 bridgehead atoms. The van der Waals surface area contributed by atoms with Gasteiger partial charge in [0, 0.05) is 22.9 Å². The summed E-state index contributed by atoms with van der Waals surface area (Å²) >= 11 is 0. The van der Waals surface area contributed by atoms with Crippen molar-refractivity contribution in [3.05, 3.63) is 35.4 Å². The number of likely N-dealkylation sites (tertiary alicyclic amines) is 1. The van der Waals surface area contributed by atoms with Crippen LogP contribution < -0.4 is 4.74 Å².